The molecule has 0 spiro atoms. The van der Waals surface area contributed by atoms with Crippen LogP contribution in [0.5, 0.6) is 11.5 Å². The van der Waals surface area contributed by atoms with Crippen LogP contribution in [0.1, 0.15) is 29.8 Å². The molecule has 0 aromatic heterocycles. The molecule has 32 heavy (non-hydrogen) atoms. The lowest BCUT2D eigenvalue weighted by molar-refractivity contribution is -0.142. The summed E-state index contributed by atoms with van der Waals surface area (Å²) in [5.41, 5.74) is 3.44. The summed E-state index contributed by atoms with van der Waals surface area (Å²) >= 11 is 3.31. The van der Waals surface area contributed by atoms with Crippen LogP contribution in [0.15, 0.2) is 52.0 Å². The minimum atomic E-state index is -0.806. The highest BCUT2D eigenvalue weighted by molar-refractivity contribution is 9.10. The molecule has 0 saturated carbocycles. The molecule has 0 bridgehead atoms. The van der Waals surface area contributed by atoms with Gasteiger partial charge in [-0.15, -0.1) is 0 Å². The Morgan fingerprint density at radius 3 is 2.56 bits per heavy atom. The van der Waals surface area contributed by atoms with E-state index in [4.69, 9.17) is 9.47 Å². The van der Waals surface area contributed by atoms with E-state index in [9.17, 15) is 14.4 Å². The number of carbonyl (C=O) groups is 3. The number of esters is 1. The van der Waals surface area contributed by atoms with E-state index >= 15 is 0 Å². The number of benzene rings is 2. The number of hydrogen-bond donors (Lipinski definition) is 2. The number of ether oxygens (including phenoxy) is 3. The smallest absolute Gasteiger partial charge is 0.343 e. The first kappa shape index (κ1) is 24.9. The van der Waals surface area contributed by atoms with Gasteiger partial charge in [0.1, 0.15) is 6.04 Å². The first-order chi connectivity index (χ1) is 15.3. The second-order valence-electron chi connectivity index (χ2n) is 6.41. The van der Waals surface area contributed by atoms with Crippen molar-refractivity contribution in [3.05, 3.63) is 58.1 Å². The number of nitrogens with zero attached hydrogens (tertiary/aromatic N) is 1. The number of nitrogens with one attached hydrogen (secondary N) is 2. The summed E-state index contributed by atoms with van der Waals surface area (Å²) in [7, 11) is 1.27. The third-order valence-corrected chi connectivity index (χ3v) is 4.78. The van der Waals surface area contributed by atoms with E-state index in [1.807, 2.05) is 6.92 Å². The SMILES string of the molecule is CCOc1cc(C=NNC(=O)C(C)NC(=O)c2ccccc2Br)ccc1OCC(=O)OC. The first-order valence-corrected chi connectivity index (χ1v) is 10.5. The molecular weight excluding hydrogens is 482 g/mol. The number of hydrogen-bond acceptors (Lipinski definition) is 7. The van der Waals surface area contributed by atoms with Crippen molar-refractivity contribution in [2.24, 2.45) is 5.10 Å². The fraction of sp³-hybridized carbons (Fsp3) is 0.273. The maximum absolute atomic E-state index is 12.3. The average Bonchev–Trinajstić information content (AvgIpc) is 2.78. The van der Waals surface area contributed by atoms with Crippen molar-refractivity contribution in [1.82, 2.24) is 10.7 Å². The zero-order chi connectivity index (χ0) is 23.5. The van der Waals surface area contributed by atoms with E-state index in [1.54, 1.807) is 49.4 Å². The van der Waals surface area contributed by atoms with Crippen molar-refractivity contribution >= 4 is 39.9 Å². The average molecular weight is 506 g/mol. The quantitative estimate of drug-likeness (QED) is 0.291. The monoisotopic (exact) mass is 505 g/mol. The Morgan fingerprint density at radius 1 is 1.12 bits per heavy atom. The van der Waals surface area contributed by atoms with Crippen molar-refractivity contribution in [3.8, 4) is 11.5 Å². The number of rotatable bonds is 10. The van der Waals surface area contributed by atoms with Crippen LogP contribution >= 0.6 is 15.9 Å². The molecule has 170 valence electrons. The molecule has 0 aliphatic carbocycles. The van der Waals surface area contributed by atoms with Crippen molar-refractivity contribution in [2.45, 2.75) is 19.9 Å². The number of methoxy groups -OCH3 is 1. The summed E-state index contributed by atoms with van der Waals surface area (Å²) in [4.78, 5) is 35.8. The normalized spacial score (nSPS) is 11.5. The first-order valence-electron chi connectivity index (χ1n) is 9.70. The molecular formula is C22H24BrN3O6. The number of halogens is 1. The van der Waals surface area contributed by atoms with Crippen molar-refractivity contribution in [2.75, 3.05) is 20.3 Å². The Morgan fingerprint density at radius 2 is 1.88 bits per heavy atom. The van der Waals surface area contributed by atoms with E-state index < -0.39 is 17.9 Å². The summed E-state index contributed by atoms with van der Waals surface area (Å²) in [6, 6.07) is 11.1. The van der Waals surface area contributed by atoms with Gasteiger partial charge in [-0.3, -0.25) is 9.59 Å². The molecule has 0 aliphatic heterocycles. The van der Waals surface area contributed by atoms with Crippen LogP contribution in [-0.4, -0.2) is 50.4 Å². The largest absolute Gasteiger partial charge is 0.490 e. The molecule has 10 heteroatoms. The van der Waals surface area contributed by atoms with Crippen LogP contribution < -0.4 is 20.2 Å². The standard InChI is InChI=1S/C22H24BrN3O6/c1-4-31-19-11-15(9-10-18(19)32-13-20(27)30-3)12-24-26-21(28)14(2)25-22(29)16-7-5-6-8-17(16)23/h5-12,14H,4,13H2,1-3H3,(H,25,29)(H,26,28). The fourth-order valence-corrected chi connectivity index (χ4v) is 2.91. The molecule has 0 fully saturated rings. The Hall–Kier alpha value is -3.40. The minimum Gasteiger partial charge on any atom is -0.490 e. The van der Waals surface area contributed by atoms with Gasteiger partial charge in [-0.1, -0.05) is 12.1 Å². The molecule has 0 heterocycles. The Balaban J connectivity index is 1.96. The summed E-state index contributed by atoms with van der Waals surface area (Å²) in [5.74, 6) is -0.582. The van der Waals surface area contributed by atoms with Gasteiger partial charge < -0.3 is 19.5 Å². The molecule has 1 unspecified atom stereocenters. The summed E-state index contributed by atoms with van der Waals surface area (Å²) in [6.07, 6.45) is 1.42. The topological polar surface area (TPSA) is 115 Å². The van der Waals surface area contributed by atoms with Gasteiger partial charge in [0.2, 0.25) is 0 Å². The maximum atomic E-state index is 12.3. The van der Waals surface area contributed by atoms with E-state index in [0.717, 1.165) is 0 Å². The fourth-order valence-electron chi connectivity index (χ4n) is 2.44. The van der Waals surface area contributed by atoms with E-state index in [2.05, 4.69) is 36.5 Å². The second kappa shape index (κ2) is 12.5. The van der Waals surface area contributed by atoms with Crippen LogP contribution in [-0.2, 0) is 14.3 Å². The Kier molecular flexibility index (Phi) is 9.68. The molecule has 2 N–H and O–H groups in total. The lowest BCUT2D eigenvalue weighted by Gasteiger charge is -2.13. The molecule has 2 aromatic rings. The van der Waals surface area contributed by atoms with Crippen molar-refractivity contribution in [1.29, 1.82) is 0 Å². The lowest BCUT2D eigenvalue weighted by Crippen LogP contribution is -2.43. The zero-order valence-electron chi connectivity index (χ0n) is 17.9. The van der Waals surface area contributed by atoms with Gasteiger partial charge in [-0.05, 0) is 65.7 Å². The van der Waals surface area contributed by atoms with E-state index in [1.165, 1.54) is 13.3 Å². The molecule has 9 nitrogen and oxygen atoms in total. The van der Waals surface area contributed by atoms with Crippen LogP contribution in [0.4, 0.5) is 0 Å². The van der Waals surface area contributed by atoms with Gasteiger partial charge in [0.25, 0.3) is 11.8 Å². The maximum Gasteiger partial charge on any atom is 0.343 e. The van der Waals surface area contributed by atoms with Crippen molar-refractivity contribution < 1.29 is 28.6 Å². The van der Waals surface area contributed by atoms with Gasteiger partial charge in [0.15, 0.2) is 18.1 Å². The third kappa shape index (κ3) is 7.38. The molecule has 2 amide bonds. The molecule has 1 atom stereocenters. The van der Waals surface area contributed by atoms with Gasteiger partial charge >= 0.3 is 5.97 Å². The minimum absolute atomic E-state index is 0.247. The molecule has 0 aliphatic rings. The summed E-state index contributed by atoms with van der Waals surface area (Å²) < 4.78 is 16.1. The molecule has 0 saturated heterocycles. The van der Waals surface area contributed by atoms with Crippen LogP contribution in [0.3, 0.4) is 0 Å². The Bertz CT molecular complexity index is 995. The van der Waals surface area contributed by atoms with Crippen LogP contribution in [0.2, 0.25) is 0 Å². The highest BCUT2D eigenvalue weighted by atomic mass is 79.9. The molecule has 2 rings (SSSR count). The molecule has 0 radical (unpaired) electrons. The van der Waals surface area contributed by atoms with Gasteiger partial charge in [-0.2, -0.15) is 5.10 Å². The van der Waals surface area contributed by atoms with Gasteiger partial charge in [0.05, 0.1) is 25.5 Å². The summed E-state index contributed by atoms with van der Waals surface area (Å²) in [6.45, 7) is 3.51. The lowest BCUT2D eigenvalue weighted by atomic mass is 10.2. The predicted octanol–water partition coefficient (Wildman–Crippen LogP) is 2.67. The highest BCUT2D eigenvalue weighted by Crippen LogP contribution is 2.28. The van der Waals surface area contributed by atoms with E-state index in [0.29, 0.717) is 33.7 Å². The highest BCUT2D eigenvalue weighted by Gasteiger charge is 2.17. The van der Waals surface area contributed by atoms with Crippen molar-refractivity contribution in [3.63, 3.8) is 0 Å². The van der Waals surface area contributed by atoms with Crippen LogP contribution in [0, 0.1) is 0 Å². The molecule has 2 aromatic carbocycles. The van der Waals surface area contributed by atoms with E-state index in [-0.39, 0.29) is 12.5 Å². The van der Waals surface area contributed by atoms with Crippen LogP contribution in [0.25, 0.3) is 0 Å². The third-order valence-electron chi connectivity index (χ3n) is 4.09. The number of hydrazone groups is 1. The number of amides is 2. The predicted molar refractivity (Wildman–Crippen MR) is 122 cm³/mol. The second-order valence-corrected chi connectivity index (χ2v) is 7.27. The summed E-state index contributed by atoms with van der Waals surface area (Å²) in [5, 5.41) is 6.54. The number of carbonyl (C=O) groups excluding carboxylic acids is 3. The van der Waals surface area contributed by atoms with Gasteiger partial charge in [-0.25, -0.2) is 10.2 Å². The van der Waals surface area contributed by atoms with Gasteiger partial charge in [0, 0.05) is 4.47 Å². The zero-order valence-corrected chi connectivity index (χ0v) is 19.5. The Labute approximate surface area is 194 Å².